The van der Waals surface area contributed by atoms with Crippen molar-refractivity contribution in [1.82, 2.24) is 9.97 Å². The minimum Gasteiger partial charge on any atom is -0.330 e. The molecule has 0 aromatic carbocycles. The van der Waals surface area contributed by atoms with Gasteiger partial charge < -0.3 is 5.73 Å². The monoisotopic (exact) mass is 211 g/mol. The Morgan fingerprint density at radius 1 is 1.43 bits per heavy atom. The van der Waals surface area contributed by atoms with Gasteiger partial charge in [0.1, 0.15) is 5.03 Å². The molecule has 0 saturated carbocycles. The van der Waals surface area contributed by atoms with Crippen molar-refractivity contribution in [2.24, 2.45) is 11.1 Å². The van der Waals surface area contributed by atoms with Crippen LogP contribution in [0.25, 0.3) is 0 Å². The molecule has 0 radical (unpaired) electrons. The maximum atomic E-state index is 5.65. The second kappa shape index (κ2) is 5.32. The smallest absolute Gasteiger partial charge is 0.114 e. The van der Waals surface area contributed by atoms with Gasteiger partial charge in [-0.1, -0.05) is 13.8 Å². The molecule has 1 aromatic rings. The molecule has 0 unspecified atom stereocenters. The van der Waals surface area contributed by atoms with Crippen molar-refractivity contribution >= 4 is 11.8 Å². The molecule has 0 amide bonds. The predicted octanol–water partition coefficient (Wildman–Crippen LogP) is 1.94. The molecule has 2 N–H and O–H groups in total. The number of nitrogens with two attached hydrogens (primary N) is 1. The highest BCUT2D eigenvalue weighted by molar-refractivity contribution is 7.99. The third-order valence-electron chi connectivity index (χ3n) is 2.12. The van der Waals surface area contributed by atoms with E-state index in [1.54, 1.807) is 30.4 Å². The van der Waals surface area contributed by atoms with Gasteiger partial charge in [-0.15, -0.1) is 11.8 Å². The van der Waals surface area contributed by atoms with Crippen LogP contribution in [0.5, 0.6) is 0 Å². The Morgan fingerprint density at radius 2 is 2.21 bits per heavy atom. The van der Waals surface area contributed by atoms with Gasteiger partial charge in [-0.3, -0.25) is 4.98 Å². The average molecular weight is 211 g/mol. The van der Waals surface area contributed by atoms with E-state index >= 15 is 0 Å². The van der Waals surface area contributed by atoms with Crippen molar-refractivity contribution in [3.63, 3.8) is 0 Å². The molecule has 1 aromatic heterocycles. The minimum atomic E-state index is 0.231. The lowest BCUT2D eigenvalue weighted by atomic mass is 9.91. The fraction of sp³-hybridized carbons (Fsp3) is 0.600. The first kappa shape index (κ1) is 11.5. The van der Waals surface area contributed by atoms with E-state index in [0.717, 1.165) is 23.7 Å². The fourth-order valence-electron chi connectivity index (χ4n) is 0.894. The molecule has 1 heterocycles. The average Bonchev–Trinajstić information content (AvgIpc) is 2.19. The molecule has 3 nitrogen and oxygen atoms in total. The fourth-order valence-corrected chi connectivity index (χ4v) is 2.03. The Balaban J connectivity index is 2.29. The molecule has 0 fully saturated rings. The van der Waals surface area contributed by atoms with E-state index in [-0.39, 0.29) is 5.41 Å². The standard InChI is InChI=1S/C10H17N3S/c1-10(2,8-11)3-6-14-9-7-12-4-5-13-9/h4-5,7H,3,6,8,11H2,1-2H3. The van der Waals surface area contributed by atoms with E-state index in [1.165, 1.54) is 0 Å². The zero-order valence-corrected chi connectivity index (χ0v) is 9.55. The lowest BCUT2D eigenvalue weighted by molar-refractivity contribution is 0.368. The zero-order valence-electron chi connectivity index (χ0n) is 8.73. The van der Waals surface area contributed by atoms with E-state index in [4.69, 9.17) is 5.73 Å². The van der Waals surface area contributed by atoms with Crippen molar-refractivity contribution in [2.75, 3.05) is 12.3 Å². The summed E-state index contributed by atoms with van der Waals surface area (Å²) in [7, 11) is 0. The number of rotatable bonds is 5. The highest BCUT2D eigenvalue weighted by Crippen LogP contribution is 2.23. The van der Waals surface area contributed by atoms with Crippen molar-refractivity contribution in [3.05, 3.63) is 18.6 Å². The Kier molecular flexibility index (Phi) is 4.35. The van der Waals surface area contributed by atoms with Gasteiger partial charge in [-0.25, -0.2) is 4.98 Å². The van der Waals surface area contributed by atoms with E-state index < -0.39 is 0 Å². The number of nitrogens with zero attached hydrogens (tertiary/aromatic N) is 2. The quantitative estimate of drug-likeness (QED) is 0.756. The molecule has 78 valence electrons. The van der Waals surface area contributed by atoms with Crippen LogP contribution in [0, 0.1) is 5.41 Å². The third-order valence-corrected chi connectivity index (χ3v) is 3.04. The van der Waals surface area contributed by atoms with Gasteiger partial charge in [0.2, 0.25) is 0 Å². The topological polar surface area (TPSA) is 51.8 Å². The van der Waals surface area contributed by atoms with E-state index in [1.807, 2.05) is 0 Å². The van der Waals surface area contributed by atoms with Gasteiger partial charge >= 0.3 is 0 Å². The van der Waals surface area contributed by atoms with Gasteiger partial charge in [0.15, 0.2) is 0 Å². The summed E-state index contributed by atoms with van der Waals surface area (Å²) in [6.07, 6.45) is 6.30. The molecule has 0 aliphatic carbocycles. The Bertz CT molecular complexity index is 261. The number of hydrogen-bond acceptors (Lipinski definition) is 4. The van der Waals surface area contributed by atoms with Crippen LogP contribution in [-0.2, 0) is 0 Å². The summed E-state index contributed by atoms with van der Waals surface area (Å²) in [5.41, 5.74) is 5.88. The van der Waals surface area contributed by atoms with Gasteiger partial charge in [-0.2, -0.15) is 0 Å². The third kappa shape index (κ3) is 4.07. The summed E-state index contributed by atoms with van der Waals surface area (Å²) in [6, 6.07) is 0. The van der Waals surface area contributed by atoms with Gasteiger partial charge in [0.05, 0.1) is 6.20 Å². The Morgan fingerprint density at radius 3 is 2.79 bits per heavy atom. The second-order valence-corrected chi connectivity index (χ2v) is 5.13. The summed E-state index contributed by atoms with van der Waals surface area (Å²) in [4.78, 5) is 8.21. The molecule has 0 atom stereocenters. The van der Waals surface area contributed by atoms with Crippen molar-refractivity contribution in [1.29, 1.82) is 0 Å². The van der Waals surface area contributed by atoms with Crippen LogP contribution in [0.3, 0.4) is 0 Å². The predicted molar refractivity (Wildman–Crippen MR) is 60.2 cm³/mol. The SMILES string of the molecule is CC(C)(CN)CCSc1cnccn1. The van der Waals surface area contributed by atoms with Gasteiger partial charge in [0, 0.05) is 18.1 Å². The van der Waals surface area contributed by atoms with Crippen LogP contribution >= 0.6 is 11.8 Å². The largest absolute Gasteiger partial charge is 0.330 e. The minimum absolute atomic E-state index is 0.231. The van der Waals surface area contributed by atoms with Crippen LogP contribution in [0.4, 0.5) is 0 Å². The van der Waals surface area contributed by atoms with Gasteiger partial charge in [0.25, 0.3) is 0 Å². The molecule has 1 rings (SSSR count). The highest BCUT2D eigenvalue weighted by atomic mass is 32.2. The van der Waals surface area contributed by atoms with Crippen LogP contribution in [-0.4, -0.2) is 22.3 Å². The van der Waals surface area contributed by atoms with Gasteiger partial charge in [-0.05, 0) is 18.4 Å². The Hall–Kier alpha value is -0.610. The second-order valence-electron chi connectivity index (χ2n) is 4.01. The molecular formula is C10H17N3S. The number of thioether (sulfide) groups is 1. The molecule has 0 aliphatic heterocycles. The maximum absolute atomic E-state index is 5.65. The van der Waals surface area contributed by atoms with Crippen molar-refractivity contribution in [2.45, 2.75) is 25.3 Å². The summed E-state index contributed by atoms with van der Waals surface area (Å²) < 4.78 is 0. The molecule has 0 saturated heterocycles. The molecular weight excluding hydrogens is 194 g/mol. The normalized spacial score (nSPS) is 11.6. The lowest BCUT2D eigenvalue weighted by Gasteiger charge is -2.21. The zero-order chi connectivity index (χ0) is 10.4. The lowest BCUT2D eigenvalue weighted by Crippen LogP contribution is -2.24. The molecule has 14 heavy (non-hydrogen) atoms. The first-order chi connectivity index (χ1) is 6.64. The van der Waals surface area contributed by atoms with E-state index in [9.17, 15) is 0 Å². The Labute approximate surface area is 89.5 Å². The summed E-state index contributed by atoms with van der Waals surface area (Å²) in [5, 5.41) is 0.986. The highest BCUT2D eigenvalue weighted by Gasteiger charge is 2.14. The molecule has 0 aliphatic rings. The first-order valence-corrected chi connectivity index (χ1v) is 5.71. The molecule has 0 bridgehead atoms. The maximum Gasteiger partial charge on any atom is 0.114 e. The van der Waals surface area contributed by atoms with Crippen LogP contribution < -0.4 is 5.73 Å². The van der Waals surface area contributed by atoms with Crippen LogP contribution in [0.15, 0.2) is 23.6 Å². The summed E-state index contributed by atoms with van der Waals surface area (Å²) in [6.45, 7) is 5.10. The molecule has 4 heteroatoms. The number of hydrogen-bond donors (Lipinski definition) is 1. The van der Waals surface area contributed by atoms with Crippen LogP contribution in [0.1, 0.15) is 20.3 Å². The molecule has 0 spiro atoms. The first-order valence-electron chi connectivity index (χ1n) is 4.73. The van der Waals surface area contributed by atoms with E-state index in [2.05, 4.69) is 23.8 Å². The van der Waals surface area contributed by atoms with Crippen molar-refractivity contribution in [3.8, 4) is 0 Å². The summed E-state index contributed by atoms with van der Waals surface area (Å²) >= 11 is 1.73. The van der Waals surface area contributed by atoms with E-state index in [0.29, 0.717) is 0 Å². The number of aromatic nitrogens is 2. The van der Waals surface area contributed by atoms with Crippen LogP contribution in [0.2, 0.25) is 0 Å². The van der Waals surface area contributed by atoms with Crippen molar-refractivity contribution < 1.29 is 0 Å². The summed E-state index contributed by atoms with van der Waals surface area (Å²) in [5.74, 6) is 1.04.